The van der Waals surface area contributed by atoms with Crippen molar-refractivity contribution in [2.45, 2.75) is 39.7 Å². The number of H-pyrrole nitrogens is 1. The summed E-state index contributed by atoms with van der Waals surface area (Å²) in [5.74, 6) is 0.571. The van der Waals surface area contributed by atoms with E-state index in [1.165, 1.54) is 11.1 Å². The summed E-state index contributed by atoms with van der Waals surface area (Å²) < 4.78 is 0. The molecule has 0 aliphatic heterocycles. The molecular formula is C16H23N3. The van der Waals surface area contributed by atoms with E-state index >= 15 is 0 Å². The highest BCUT2D eigenvalue weighted by molar-refractivity contribution is 5.59. The Morgan fingerprint density at radius 1 is 1.21 bits per heavy atom. The van der Waals surface area contributed by atoms with Gasteiger partial charge in [0.15, 0.2) is 0 Å². The predicted molar refractivity (Wildman–Crippen MR) is 80.1 cm³/mol. The maximum absolute atomic E-state index is 4.37. The zero-order valence-corrected chi connectivity index (χ0v) is 12.0. The van der Waals surface area contributed by atoms with Gasteiger partial charge in [-0.1, -0.05) is 45.0 Å². The van der Waals surface area contributed by atoms with Crippen LogP contribution in [0.1, 0.15) is 44.4 Å². The van der Waals surface area contributed by atoms with Gasteiger partial charge in [0.25, 0.3) is 0 Å². The van der Waals surface area contributed by atoms with Crippen molar-refractivity contribution in [3.63, 3.8) is 0 Å². The Hall–Kier alpha value is -1.61. The number of nitrogens with one attached hydrogen (secondary N) is 2. The van der Waals surface area contributed by atoms with Gasteiger partial charge in [0.05, 0.1) is 5.69 Å². The smallest absolute Gasteiger partial charge is 0.0924 e. The van der Waals surface area contributed by atoms with Gasteiger partial charge >= 0.3 is 0 Å². The number of hydrogen-bond acceptors (Lipinski definition) is 2. The van der Waals surface area contributed by atoms with Crippen LogP contribution in [0.2, 0.25) is 0 Å². The van der Waals surface area contributed by atoms with Crippen molar-refractivity contribution in [1.29, 1.82) is 0 Å². The summed E-state index contributed by atoms with van der Waals surface area (Å²) in [5, 5.41) is 10.8. The van der Waals surface area contributed by atoms with Crippen LogP contribution in [0, 0.1) is 0 Å². The van der Waals surface area contributed by atoms with E-state index in [-0.39, 0.29) is 0 Å². The highest BCUT2D eigenvalue weighted by Gasteiger charge is 2.05. The van der Waals surface area contributed by atoms with Crippen LogP contribution in [0.25, 0.3) is 11.3 Å². The molecule has 102 valence electrons. The molecule has 0 spiro atoms. The standard InChI is InChI=1S/C16H23N3/c1-4-9-17-11-15-10-16(19-18-15)14-7-5-13(6-8-14)12(2)3/h5-8,10,12,17H,4,9,11H2,1-3H3,(H,18,19). The zero-order valence-electron chi connectivity index (χ0n) is 12.0. The lowest BCUT2D eigenvalue weighted by molar-refractivity contribution is 0.662. The number of rotatable bonds is 6. The van der Waals surface area contributed by atoms with Crippen LogP contribution in [0.15, 0.2) is 30.3 Å². The van der Waals surface area contributed by atoms with Gasteiger partial charge in [0, 0.05) is 17.8 Å². The van der Waals surface area contributed by atoms with Crippen LogP contribution >= 0.6 is 0 Å². The predicted octanol–water partition coefficient (Wildman–Crippen LogP) is 3.70. The number of nitrogens with zero attached hydrogens (tertiary/aromatic N) is 1. The third kappa shape index (κ3) is 3.67. The molecule has 1 aromatic heterocycles. The molecule has 3 heteroatoms. The second kappa shape index (κ2) is 6.53. The van der Waals surface area contributed by atoms with Gasteiger partial charge in [-0.05, 0) is 30.5 Å². The summed E-state index contributed by atoms with van der Waals surface area (Å²) in [4.78, 5) is 0. The Balaban J connectivity index is 2.05. The van der Waals surface area contributed by atoms with Crippen LogP contribution in [0.5, 0.6) is 0 Å². The molecular weight excluding hydrogens is 234 g/mol. The van der Waals surface area contributed by atoms with E-state index in [1.807, 2.05) is 0 Å². The second-order valence-corrected chi connectivity index (χ2v) is 5.23. The quantitative estimate of drug-likeness (QED) is 0.775. The summed E-state index contributed by atoms with van der Waals surface area (Å²) >= 11 is 0. The molecule has 0 atom stereocenters. The van der Waals surface area contributed by atoms with E-state index in [0.29, 0.717) is 5.92 Å². The van der Waals surface area contributed by atoms with Gasteiger partial charge in [-0.3, -0.25) is 5.10 Å². The Morgan fingerprint density at radius 2 is 1.95 bits per heavy atom. The lowest BCUT2D eigenvalue weighted by Gasteiger charge is -2.05. The van der Waals surface area contributed by atoms with Gasteiger partial charge in [-0.2, -0.15) is 5.10 Å². The van der Waals surface area contributed by atoms with Crippen molar-refractivity contribution in [2.75, 3.05) is 6.54 Å². The summed E-state index contributed by atoms with van der Waals surface area (Å²) in [6.45, 7) is 8.48. The fourth-order valence-electron chi connectivity index (χ4n) is 2.04. The van der Waals surface area contributed by atoms with E-state index < -0.39 is 0 Å². The third-order valence-corrected chi connectivity index (χ3v) is 3.25. The van der Waals surface area contributed by atoms with E-state index in [2.05, 4.69) is 66.6 Å². The first-order valence-electron chi connectivity index (χ1n) is 7.06. The number of benzene rings is 1. The van der Waals surface area contributed by atoms with E-state index in [1.54, 1.807) is 0 Å². The average molecular weight is 257 g/mol. The molecule has 2 aromatic rings. The van der Waals surface area contributed by atoms with Crippen molar-refractivity contribution in [1.82, 2.24) is 15.5 Å². The van der Waals surface area contributed by atoms with Crippen LogP contribution in [0.3, 0.4) is 0 Å². The minimum absolute atomic E-state index is 0.571. The van der Waals surface area contributed by atoms with Crippen LogP contribution < -0.4 is 5.32 Å². The Kier molecular flexibility index (Phi) is 4.74. The van der Waals surface area contributed by atoms with Gasteiger partial charge in [0.1, 0.15) is 0 Å². The van der Waals surface area contributed by atoms with Crippen LogP contribution in [0.4, 0.5) is 0 Å². The van der Waals surface area contributed by atoms with Crippen molar-refractivity contribution in [3.8, 4) is 11.3 Å². The van der Waals surface area contributed by atoms with E-state index in [0.717, 1.165) is 30.9 Å². The monoisotopic (exact) mass is 257 g/mol. The molecule has 1 aromatic carbocycles. The molecule has 0 radical (unpaired) electrons. The summed E-state index contributed by atoms with van der Waals surface area (Å²) in [7, 11) is 0. The fraction of sp³-hybridized carbons (Fsp3) is 0.438. The molecule has 0 saturated heterocycles. The highest BCUT2D eigenvalue weighted by Crippen LogP contribution is 2.21. The lowest BCUT2D eigenvalue weighted by Crippen LogP contribution is -2.13. The van der Waals surface area contributed by atoms with Crippen molar-refractivity contribution < 1.29 is 0 Å². The molecule has 0 aliphatic rings. The van der Waals surface area contributed by atoms with Crippen molar-refractivity contribution >= 4 is 0 Å². The molecule has 2 N–H and O–H groups in total. The van der Waals surface area contributed by atoms with Gasteiger partial charge < -0.3 is 5.32 Å². The molecule has 19 heavy (non-hydrogen) atoms. The molecule has 0 bridgehead atoms. The first-order valence-corrected chi connectivity index (χ1v) is 7.06. The fourth-order valence-corrected chi connectivity index (χ4v) is 2.04. The maximum Gasteiger partial charge on any atom is 0.0924 e. The van der Waals surface area contributed by atoms with Gasteiger partial charge in [0.2, 0.25) is 0 Å². The minimum Gasteiger partial charge on any atom is -0.311 e. The molecule has 0 unspecified atom stereocenters. The van der Waals surface area contributed by atoms with E-state index in [9.17, 15) is 0 Å². The lowest BCUT2D eigenvalue weighted by atomic mass is 10.0. The normalized spacial score (nSPS) is 11.2. The SMILES string of the molecule is CCCNCc1cc(-c2ccc(C(C)C)cc2)n[nH]1. The molecule has 0 fully saturated rings. The Bertz CT molecular complexity index is 497. The summed E-state index contributed by atoms with van der Waals surface area (Å²) in [6.07, 6.45) is 1.15. The number of aromatic amines is 1. The summed E-state index contributed by atoms with van der Waals surface area (Å²) in [6, 6.07) is 10.8. The molecule has 0 saturated carbocycles. The topological polar surface area (TPSA) is 40.7 Å². The highest BCUT2D eigenvalue weighted by atomic mass is 15.1. The first kappa shape index (κ1) is 13.8. The van der Waals surface area contributed by atoms with Crippen molar-refractivity contribution in [2.24, 2.45) is 0 Å². The Morgan fingerprint density at radius 3 is 2.58 bits per heavy atom. The number of hydrogen-bond donors (Lipinski definition) is 2. The molecule has 1 heterocycles. The van der Waals surface area contributed by atoms with Crippen molar-refractivity contribution in [3.05, 3.63) is 41.6 Å². The molecule has 3 nitrogen and oxygen atoms in total. The molecule has 0 aliphatic carbocycles. The maximum atomic E-state index is 4.37. The largest absolute Gasteiger partial charge is 0.311 e. The van der Waals surface area contributed by atoms with Gasteiger partial charge in [-0.25, -0.2) is 0 Å². The minimum atomic E-state index is 0.571. The average Bonchev–Trinajstić information content (AvgIpc) is 2.88. The number of aromatic nitrogens is 2. The third-order valence-electron chi connectivity index (χ3n) is 3.25. The second-order valence-electron chi connectivity index (χ2n) is 5.23. The summed E-state index contributed by atoms with van der Waals surface area (Å²) in [5.41, 5.74) is 4.69. The Labute approximate surface area is 115 Å². The van der Waals surface area contributed by atoms with Crippen LogP contribution in [-0.4, -0.2) is 16.7 Å². The van der Waals surface area contributed by atoms with E-state index in [4.69, 9.17) is 0 Å². The molecule has 0 amide bonds. The van der Waals surface area contributed by atoms with Crippen LogP contribution in [-0.2, 0) is 6.54 Å². The van der Waals surface area contributed by atoms with Gasteiger partial charge in [-0.15, -0.1) is 0 Å². The first-order chi connectivity index (χ1) is 9.20. The zero-order chi connectivity index (χ0) is 13.7. The molecule has 2 rings (SSSR count).